The number of aromatic nitrogens is 2. The minimum atomic E-state index is -4.17. The van der Waals surface area contributed by atoms with Crippen molar-refractivity contribution in [1.29, 1.82) is 0 Å². The topological polar surface area (TPSA) is 151 Å². The summed E-state index contributed by atoms with van der Waals surface area (Å²) < 4.78 is 49.1. The Morgan fingerprint density at radius 3 is 2.71 bits per heavy atom. The van der Waals surface area contributed by atoms with E-state index in [1.807, 2.05) is 0 Å². The molecule has 0 radical (unpaired) electrons. The van der Waals surface area contributed by atoms with Gasteiger partial charge in [0.1, 0.15) is 17.2 Å². The number of sulfonamides is 1. The molecule has 14 heteroatoms. The summed E-state index contributed by atoms with van der Waals surface area (Å²) in [7, 11) is -2.58. The Balaban J connectivity index is 1.59. The normalized spacial score (nSPS) is 19.1. The number of carbonyl (C=O) groups excluding carboxylic acids is 2. The molecule has 1 aromatic heterocycles. The minimum Gasteiger partial charge on any atom is -0.501 e. The molecule has 3 heterocycles. The van der Waals surface area contributed by atoms with Gasteiger partial charge in [-0.25, -0.2) is 17.8 Å². The first-order chi connectivity index (χ1) is 17.7. The summed E-state index contributed by atoms with van der Waals surface area (Å²) in [5.74, 6) is -2.56. The lowest BCUT2D eigenvalue weighted by atomic mass is 10.1. The predicted octanol–water partition coefficient (Wildman–Crippen LogP) is 0.525. The number of aromatic hydroxyl groups is 1. The zero-order chi connectivity index (χ0) is 28.0. The van der Waals surface area contributed by atoms with E-state index in [9.17, 15) is 32.3 Å². The molecule has 2 aliphatic rings. The van der Waals surface area contributed by atoms with Crippen molar-refractivity contribution in [2.24, 2.45) is 0 Å². The molecule has 2 aromatic rings. The first kappa shape index (κ1) is 27.7. The summed E-state index contributed by atoms with van der Waals surface area (Å²) in [5, 5.41) is 12.9. The summed E-state index contributed by atoms with van der Waals surface area (Å²) in [5.41, 5.74) is -2.20. The summed E-state index contributed by atoms with van der Waals surface area (Å²) in [6.45, 7) is 4.98. The molecular formula is C24H30FN5O7S. The number of fused-ring (bicyclic) bond motifs is 1. The van der Waals surface area contributed by atoms with E-state index in [1.54, 1.807) is 20.9 Å². The summed E-state index contributed by atoms with van der Waals surface area (Å²) >= 11 is 0. The SMILES string of the molecule is CC(=O)N(C)C1CCN(S(=O)(=O)c2cc(F)ccc2CNC(=O)c2nc3n(c(=O)c2O)CCOC3(C)C)C1. The van der Waals surface area contributed by atoms with Crippen LogP contribution in [0.15, 0.2) is 27.9 Å². The van der Waals surface area contributed by atoms with Gasteiger partial charge in [-0.3, -0.25) is 19.0 Å². The largest absolute Gasteiger partial charge is 0.501 e. The fourth-order valence-corrected chi connectivity index (χ4v) is 6.37. The molecule has 206 valence electrons. The van der Waals surface area contributed by atoms with E-state index >= 15 is 0 Å². The second-order valence-corrected chi connectivity index (χ2v) is 11.7. The van der Waals surface area contributed by atoms with Crippen LogP contribution in [-0.2, 0) is 38.2 Å². The molecule has 12 nitrogen and oxygen atoms in total. The molecular weight excluding hydrogens is 521 g/mol. The molecule has 1 fully saturated rings. The smallest absolute Gasteiger partial charge is 0.296 e. The summed E-state index contributed by atoms with van der Waals surface area (Å²) in [4.78, 5) is 42.7. The number of hydrogen-bond acceptors (Lipinski definition) is 8. The average Bonchev–Trinajstić information content (AvgIpc) is 3.36. The van der Waals surface area contributed by atoms with Crippen LogP contribution < -0.4 is 10.9 Å². The number of halogens is 1. The number of amides is 2. The molecule has 2 N–H and O–H groups in total. The predicted molar refractivity (Wildman–Crippen MR) is 132 cm³/mol. The van der Waals surface area contributed by atoms with E-state index in [0.717, 1.165) is 12.1 Å². The molecule has 1 unspecified atom stereocenters. The van der Waals surface area contributed by atoms with Crippen LogP contribution in [0.5, 0.6) is 5.75 Å². The van der Waals surface area contributed by atoms with Crippen LogP contribution in [0.4, 0.5) is 4.39 Å². The molecule has 0 spiro atoms. The van der Waals surface area contributed by atoms with Gasteiger partial charge in [0, 0.05) is 39.6 Å². The van der Waals surface area contributed by atoms with Gasteiger partial charge >= 0.3 is 0 Å². The van der Waals surface area contributed by atoms with E-state index in [1.165, 1.54) is 26.8 Å². The Kier molecular flexibility index (Phi) is 7.34. The lowest BCUT2D eigenvalue weighted by Crippen LogP contribution is -2.42. The Morgan fingerprint density at radius 2 is 2.03 bits per heavy atom. The third-order valence-corrected chi connectivity index (χ3v) is 8.88. The van der Waals surface area contributed by atoms with Crippen molar-refractivity contribution >= 4 is 21.8 Å². The molecule has 1 atom stereocenters. The monoisotopic (exact) mass is 551 g/mol. The number of likely N-dealkylation sites (N-methyl/N-ethyl adjacent to an activating group) is 1. The zero-order valence-electron chi connectivity index (χ0n) is 21.5. The number of nitrogens with one attached hydrogen (secondary N) is 1. The van der Waals surface area contributed by atoms with Crippen molar-refractivity contribution in [3.63, 3.8) is 0 Å². The van der Waals surface area contributed by atoms with E-state index in [-0.39, 0.29) is 61.0 Å². The standard InChI is InChI=1S/C24H30FN5O7S/c1-14(31)28(4)17-7-8-29(13-17)38(35,36)18-11-16(25)6-5-15(18)12-26-21(33)19-20(32)22(34)30-9-10-37-24(2,3)23(30)27-19/h5-6,11,17,32H,7-10,12-13H2,1-4H3,(H,26,33). The van der Waals surface area contributed by atoms with Gasteiger partial charge in [0.2, 0.25) is 21.7 Å². The van der Waals surface area contributed by atoms with E-state index < -0.39 is 44.4 Å². The maximum atomic E-state index is 14.2. The van der Waals surface area contributed by atoms with Crippen molar-refractivity contribution in [3.8, 4) is 5.75 Å². The van der Waals surface area contributed by atoms with Gasteiger partial charge < -0.3 is 20.1 Å². The first-order valence-electron chi connectivity index (χ1n) is 12.0. The second kappa shape index (κ2) is 10.1. The lowest BCUT2D eigenvalue weighted by Gasteiger charge is -2.32. The van der Waals surface area contributed by atoms with Crippen LogP contribution in [0, 0.1) is 5.82 Å². The van der Waals surface area contributed by atoms with Crippen LogP contribution in [0.3, 0.4) is 0 Å². The number of benzene rings is 1. The fourth-order valence-electron chi connectivity index (χ4n) is 4.64. The van der Waals surface area contributed by atoms with Gasteiger partial charge in [0.05, 0.1) is 18.0 Å². The highest BCUT2D eigenvalue weighted by Gasteiger charge is 2.37. The van der Waals surface area contributed by atoms with Crippen LogP contribution in [0.2, 0.25) is 0 Å². The van der Waals surface area contributed by atoms with E-state index in [0.29, 0.717) is 6.42 Å². The Labute approximate surface area is 219 Å². The average molecular weight is 552 g/mol. The van der Waals surface area contributed by atoms with Gasteiger partial charge in [-0.1, -0.05) is 6.07 Å². The van der Waals surface area contributed by atoms with Crippen molar-refractivity contribution in [3.05, 3.63) is 51.5 Å². The van der Waals surface area contributed by atoms with Crippen LogP contribution in [0.1, 0.15) is 49.1 Å². The summed E-state index contributed by atoms with van der Waals surface area (Å²) in [6.07, 6.45) is 0.426. The highest BCUT2D eigenvalue weighted by molar-refractivity contribution is 7.89. The Hall–Kier alpha value is -3.36. The zero-order valence-corrected chi connectivity index (χ0v) is 22.3. The third kappa shape index (κ3) is 5.02. The Bertz CT molecular complexity index is 1460. The van der Waals surface area contributed by atoms with Gasteiger partial charge in [-0.05, 0) is 38.0 Å². The summed E-state index contributed by atoms with van der Waals surface area (Å²) in [6, 6.07) is 2.87. The van der Waals surface area contributed by atoms with Gasteiger partial charge in [-0.2, -0.15) is 4.31 Å². The quantitative estimate of drug-likeness (QED) is 0.528. The minimum absolute atomic E-state index is 0.0510. The fraction of sp³-hybridized carbons (Fsp3) is 0.500. The van der Waals surface area contributed by atoms with E-state index in [4.69, 9.17) is 4.74 Å². The number of ether oxygens (including phenoxy) is 1. The molecule has 1 saturated heterocycles. The van der Waals surface area contributed by atoms with Crippen LogP contribution in [0.25, 0.3) is 0 Å². The maximum Gasteiger partial charge on any atom is 0.296 e. The molecule has 38 heavy (non-hydrogen) atoms. The second-order valence-electron chi connectivity index (χ2n) is 9.82. The molecule has 0 saturated carbocycles. The number of rotatable bonds is 6. The van der Waals surface area contributed by atoms with Crippen molar-refractivity contribution in [2.75, 3.05) is 26.7 Å². The highest BCUT2D eigenvalue weighted by Crippen LogP contribution is 2.28. The van der Waals surface area contributed by atoms with Crippen LogP contribution >= 0.6 is 0 Å². The van der Waals surface area contributed by atoms with Gasteiger partial charge in [0.25, 0.3) is 11.5 Å². The molecule has 4 rings (SSSR count). The number of hydrogen-bond donors (Lipinski definition) is 2. The molecule has 0 bridgehead atoms. The van der Waals surface area contributed by atoms with Crippen LogP contribution in [-0.4, -0.2) is 76.9 Å². The van der Waals surface area contributed by atoms with Crippen molar-refractivity contribution in [2.45, 2.75) is 56.8 Å². The van der Waals surface area contributed by atoms with E-state index in [2.05, 4.69) is 10.3 Å². The molecule has 2 aliphatic heterocycles. The maximum absolute atomic E-state index is 14.2. The van der Waals surface area contributed by atoms with Crippen molar-refractivity contribution in [1.82, 2.24) is 24.1 Å². The third-order valence-electron chi connectivity index (χ3n) is 6.93. The first-order valence-corrected chi connectivity index (χ1v) is 13.5. The number of nitrogens with zero attached hydrogens (tertiary/aromatic N) is 4. The molecule has 1 aromatic carbocycles. The lowest BCUT2D eigenvalue weighted by molar-refractivity contribution is -0.129. The van der Waals surface area contributed by atoms with Gasteiger partial charge in [0.15, 0.2) is 5.69 Å². The highest BCUT2D eigenvalue weighted by atomic mass is 32.2. The van der Waals surface area contributed by atoms with Gasteiger partial charge in [-0.15, -0.1) is 0 Å². The van der Waals surface area contributed by atoms with Crippen molar-refractivity contribution < 1.29 is 32.2 Å². The Morgan fingerprint density at radius 1 is 1.32 bits per heavy atom. The molecule has 2 amide bonds. The molecule has 0 aliphatic carbocycles. The number of carbonyl (C=O) groups is 2.